The van der Waals surface area contributed by atoms with Crippen LogP contribution in [0.2, 0.25) is 0 Å². The van der Waals surface area contributed by atoms with Gasteiger partial charge in [0.15, 0.2) is 6.29 Å². The van der Waals surface area contributed by atoms with Crippen molar-refractivity contribution in [3.63, 3.8) is 0 Å². The van der Waals surface area contributed by atoms with E-state index in [-0.39, 0.29) is 0 Å². The van der Waals surface area contributed by atoms with Gasteiger partial charge in [0.2, 0.25) is 0 Å². The van der Waals surface area contributed by atoms with Crippen LogP contribution in [0.25, 0.3) is 0 Å². The molecule has 1 fully saturated rings. The fourth-order valence-electron chi connectivity index (χ4n) is 3.29. The molecule has 0 spiro atoms. The first-order valence-electron chi connectivity index (χ1n) is 9.39. The van der Waals surface area contributed by atoms with Crippen molar-refractivity contribution in [2.24, 2.45) is 0 Å². The third-order valence-electron chi connectivity index (χ3n) is 4.82. The fraction of sp³-hybridized carbons (Fsp3) is 0.455. The van der Waals surface area contributed by atoms with E-state index in [9.17, 15) is 5.11 Å². The number of aliphatic hydroxyl groups excluding tert-OH is 1. The minimum absolute atomic E-state index is 0.314. The standard InChI is InChI=1S/C22H28O6/c1-24-18(15-26-13-16-9-5-3-6-10-16)20-21(25-2)19(23)22(28-20)27-14-17-11-7-4-8-12-17/h3-12,18-23H,13-15H2,1-2H3/t18-,19-,20-,21-,22-/m1/s1. The van der Waals surface area contributed by atoms with Gasteiger partial charge in [-0.1, -0.05) is 60.7 Å². The van der Waals surface area contributed by atoms with Gasteiger partial charge in [-0.2, -0.15) is 0 Å². The molecule has 1 N–H and O–H groups in total. The van der Waals surface area contributed by atoms with E-state index in [0.29, 0.717) is 19.8 Å². The average molecular weight is 388 g/mol. The molecule has 3 rings (SSSR count). The normalized spacial score (nSPS) is 25.7. The van der Waals surface area contributed by atoms with Crippen molar-refractivity contribution >= 4 is 0 Å². The van der Waals surface area contributed by atoms with Crippen molar-refractivity contribution in [2.45, 2.75) is 43.9 Å². The summed E-state index contributed by atoms with van der Waals surface area (Å²) in [6, 6.07) is 19.7. The lowest BCUT2D eigenvalue weighted by Gasteiger charge is -2.26. The SMILES string of the molecule is CO[C@@H]1[C@@H](O)[C@H](OCc2ccccc2)O[C@@H]1[C@@H](COCc1ccccc1)OC. The molecule has 1 aliphatic heterocycles. The zero-order chi connectivity index (χ0) is 19.8. The van der Waals surface area contributed by atoms with Crippen LogP contribution >= 0.6 is 0 Å². The molecule has 6 nitrogen and oxygen atoms in total. The Morgan fingerprint density at radius 3 is 2.11 bits per heavy atom. The molecule has 0 aromatic heterocycles. The van der Waals surface area contributed by atoms with E-state index in [4.69, 9.17) is 23.7 Å². The summed E-state index contributed by atoms with van der Waals surface area (Å²) in [5.41, 5.74) is 2.09. The predicted molar refractivity (Wildman–Crippen MR) is 104 cm³/mol. The van der Waals surface area contributed by atoms with Crippen molar-refractivity contribution < 1.29 is 28.8 Å². The highest BCUT2D eigenvalue weighted by Crippen LogP contribution is 2.28. The second-order valence-corrected chi connectivity index (χ2v) is 6.73. The second-order valence-electron chi connectivity index (χ2n) is 6.73. The minimum atomic E-state index is -0.912. The number of rotatable bonds is 10. The lowest BCUT2D eigenvalue weighted by atomic mass is 10.1. The number of methoxy groups -OCH3 is 2. The smallest absolute Gasteiger partial charge is 0.187 e. The molecule has 0 saturated carbocycles. The Balaban J connectivity index is 1.55. The topological polar surface area (TPSA) is 66.4 Å². The van der Waals surface area contributed by atoms with Gasteiger partial charge in [0.1, 0.15) is 24.4 Å². The molecule has 0 unspecified atom stereocenters. The summed E-state index contributed by atoms with van der Waals surface area (Å²) in [5.74, 6) is 0. The lowest BCUT2D eigenvalue weighted by molar-refractivity contribution is -0.191. The van der Waals surface area contributed by atoms with Crippen molar-refractivity contribution in [1.29, 1.82) is 0 Å². The molecule has 0 radical (unpaired) electrons. The molecule has 1 saturated heterocycles. The summed E-state index contributed by atoms with van der Waals surface area (Å²) >= 11 is 0. The quantitative estimate of drug-likeness (QED) is 0.675. The van der Waals surface area contributed by atoms with Crippen molar-refractivity contribution in [2.75, 3.05) is 20.8 Å². The maximum absolute atomic E-state index is 10.6. The molecule has 28 heavy (non-hydrogen) atoms. The largest absolute Gasteiger partial charge is 0.385 e. The number of hydrogen-bond acceptors (Lipinski definition) is 6. The van der Waals surface area contributed by atoms with Gasteiger partial charge in [-0.05, 0) is 11.1 Å². The maximum Gasteiger partial charge on any atom is 0.187 e. The first-order valence-corrected chi connectivity index (χ1v) is 9.39. The summed E-state index contributed by atoms with van der Waals surface area (Å²) in [6.45, 7) is 1.13. The molecular formula is C22H28O6. The van der Waals surface area contributed by atoms with Crippen molar-refractivity contribution in [1.82, 2.24) is 0 Å². The van der Waals surface area contributed by atoms with E-state index in [2.05, 4.69) is 0 Å². The molecule has 1 heterocycles. The van der Waals surface area contributed by atoms with Crippen LogP contribution in [0.15, 0.2) is 60.7 Å². The Labute approximate surface area is 165 Å². The van der Waals surface area contributed by atoms with Crippen LogP contribution in [0, 0.1) is 0 Å². The summed E-state index contributed by atoms with van der Waals surface area (Å²) < 4.78 is 28.6. The predicted octanol–water partition coefficient (Wildman–Crippen LogP) is 2.54. The second kappa shape index (κ2) is 10.7. The Bertz CT molecular complexity index is 680. The summed E-state index contributed by atoms with van der Waals surface area (Å²) in [7, 11) is 3.14. The van der Waals surface area contributed by atoms with Gasteiger partial charge in [0.05, 0.1) is 19.8 Å². The third kappa shape index (κ3) is 5.38. The molecule has 0 amide bonds. The molecule has 5 atom stereocenters. The average Bonchev–Trinajstić information content (AvgIpc) is 3.06. The molecule has 1 aliphatic rings. The summed E-state index contributed by atoms with van der Waals surface area (Å²) in [4.78, 5) is 0. The van der Waals surface area contributed by atoms with Crippen LogP contribution in [-0.2, 0) is 36.9 Å². The van der Waals surface area contributed by atoms with E-state index >= 15 is 0 Å². The molecule has 0 bridgehead atoms. The van der Waals surface area contributed by atoms with Gasteiger partial charge in [-0.15, -0.1) is 0 Å². The van der Waals surface area contributed by atoms with Crippen LogP contribution in [0.4, 0.5) is 0 Å². The Morgan fingerprint density at radius 1 is 0.929 bits per heavy atom. The van der Waals surface area contributed by atoms with Crippen LogP contribution in [0.1, 0.15) is 11.1 Å². The minimum Gasteiger partial charge on any atom is -0.385 e. The van der Waals surface area contributed by atoms with Crippen LogP contribution in [-0.4, -0.2) is 56.6 Å². The van der Waals surface area contributed by atoms with E-state index < -0.39 is 30.7 Å². The van der Waals surface area contributed by atoms with Crippen LogP contribution in [0.3, 0.4) is 0 Å². The van der Waals surface area contributed by atoms with Gasteiger partial charge < -0.3 is 28.8 Å². The van der Waals surface area contributed by atoms with Gasteiger partial charge >= 0.3 is 0 Å². The van der Waals surface area contributed by atoms with Gasteiger partial charge in [0, 0.05) is 14.2 Å². The van der Waals surface area contributed by atoms with E-state index in [1.165, 1.54) is 0 Å². The molecule has 152 valence electrons. The highest BCUT2D eigenvalue weighted by Gasteiger charge is 2.48. The number of hydrogen-bond donors (Lipinski definition) is 1. The van der Waals surface area contributed by atoms with Crippen molar-refractivity contribution in [3.05, 3.63) is 71.8 Å². The highest BCUT2D eigenvalue weighted by molar-refractivity contribution is 5.14. The third-order valence-corrected chi connectivity index (χ3v) is 4.82. The monoisotopic (exact) mass is 388 g/mol. The lowest BCUT2D eigenvalue weighted by Crippen LogP contribution is -2.43. The van der Waals surface area contributed by atoms with E-state index in [1.807, 2.05) is 60.7 Å². The molecule has 6 heteroatoms. The van der Waals surface area contributed by atoms with Crippen LogP contribution < -0.4 is 0 Å². The fourth-order valence-corrected chi connectivity index (χ4v) is 3.29. The Kier molecular flexibility index (Phi) is 7.97. The highest BCUT2D eigenvalue weighted by atomic mass is 16.7. The molecule has 2 aromatic rings. The number of benzene rings is 2. The number of ether oxygens (including phenoxy) is 5. The van der Waals surface area contributed by atoms with E-state index in [0.717, 1.165) is 11.1 Å². The van der Waals surface area contributed by atoms with Crippen LogP contribution in [0.5, 0.6) is 0 Å². The zero-order valence-corrected chi connectivity index (χ0v) is 16.3. The summed E-state index contributed by atoms with van der Waals surface area (Å²) in [5, 5.41) is 10.6. The van der Waals surface area contributed by atoms with Gasteiger partial charge in [0.25, 0.3) is 0 Å². The zero-order valence-electron chi connectivity index (χ0n) is 16.3. The molecular weight excluding hydrogens is 360 g/mol. The summed E-state index contributed by atoms with van der Waals surface area (Å²) in [6.07, 6.45) is -3.16. The Hall–Kier alpha value is -1.80. The number of aliphatic hydroxyl groups is 1. The first-order chi connectivity index (χ1) is 13.7. The molecule has 0 aliphatic carbocycles. The van der Waals surface area contributed by atoms with E-state index in [1.54, 1.807) is 14.2 Å². The first kappa shape index (κ1) is 20.9. The van der Waals surface area contributed by atoms with Gasteiger partial charge in [-0.25, -0.2) is 0 Å². The van der Waals surface area contributed by atoms with Gasteiger partial charge in [-0.3, -0.25) is 0 Å². The van der Waals surface area contributed by atoms with Crippen molar-refractivity contribution in [3.8, 4) is 0 Å². The molecule has 2 aromatic carbocycles. The maximum atomic E-state index is 10.6. The Morgan fingerprint density at radius 2 is 1.54 bits per heavy atom.